The largest absolute Gasteiger partial charge is 0.292 e. The van der Waals surface area contributed by atoms with Crippen molar-refractivity contribution >= 4 is 13.4 Å². The minimum absolute atomic E-state index is 0.440. The average Bonchev–Trinajstić information content (AvgIpc) is 4.03. The van der Waals surface area contributed by atoms with Gasteiger partial charge in [0, 0.05) is 89.5 Å². The molecule has 2 aromatic carbocycles. The number of rotatable bonds is 3. The van der Waals surface area contributed by atoms with E-state index >= 15 is 0 Å². The highest BCUT2D eigenvalue weighted by molar-refractivity contribution is 6.68. The third-order valence-electron chi connectivity index (χ3n) is 25.9. The molecule has 25 atom stereocenters. The number of aromatic nitrogens is 2. The van der Waals surface area contributed by atoms with Gasteiger partial charge >= 0.3 is 0 Å². The molecule has 19 rings (SSSR count). The van der Waals surface area contributed by atoms with Crippen LogP contribution in [0, 0.1) is 35.5 Å². The van der Waals surface area contributed by atoms with Crippen molar-refractivity contribution < 1.29 is 0 Å². The van der Waals surface area contributed by atoms with Crippen LogP contribution in [0.5, 0.6) is 0 Å². The SMILES string of the molecule is c1ccc(-c2cc(-c3ccccc3)nc(C3CCC4C(C3)B3C5CCCCC5N5C6CCCC7C8CCC9C%10CCC%11C%12CCCC%13C%12N%12C%11C%10B%10C9C8N(C76)C6C%10C%12C(C3C65)N4%13)n2)cc1. The quantitative estimate of drug-likeness (QED) is 0.244. The molecule has 6 nitrogen and oxygen atoms in total. The fourth-order valence-corrected chi connectivity index (χ4v) is 25.5. The van der Waals surface area contributed by atoms with Gasteiger partial charge in [-0.15, -0.1) is 0 Å². The van der Waals surface area contributed by atoms with Crippen molar-refractivity contribution in [3.8, 4) is 22.5 Å². The van der Waals surface area contributed by atoms with Crippen LogP contribution in [-0.2, 0) is 0 Å². The van der Waals surface area contributed by atoms with Crippen molar-refractivity contribution in [1.29, 1.82) is 0 Å². The zero-order valence-electron chi connectivity index (χ0n) is 39.1. The molecule has 25 unspecified atom stereocenters. The van der Waals surface area contributed by atoms with Gasteiger partial charge in [-0.3, -0.25) is 19.6 Å². The van der Waals surface area contributed by atoms with Gasteiger partial charge in [-0.25, -0.2) is 9.97 Å². The van der Waals surface area contributed by atoms with Crippen LogP contribution in [0.3, 0.4) is 0 Å². The van der Waals surface area contributed by atoms with E-state index in [-0.39, 0.29) is 0 Å². The van der Waals surface area contributed by atoms with Gasteiger partial charge in [0.05, 0.1) is 11.4 Å². The van der Waals surface area contributed by atoms with Gasteiger partial charge < -0.3 is 0 Å². The summed E-state index contributed by atoms with van der Waals surface area (Å²) in [5.74, 6) is 13.3. The monoisotopic (exact) mass is 873 g/mol. The normalized spacial score (nSPS) is 54.4. The van der Waals surface area contributed by atoms with Crippen LogP contribution in [0.1, 0.15) is 121 Å². The van der Waals surface area contributed by atoms with Crippen molar-refractivity contribution in [3.05, 3.63) is 72.6 Å². The third-order valence-corrected chi connectivity index (χ3v) is 25.9. The number of nitrogens with zero attached hydrogens (tertiary/aromatic N) is 6. The summed E-state index contributed by atoms with van der Waals surface area (Å²) >= 11 is 0. The summed E-state index contributed by atoms with van der Waals surface area (Å²) in [6, 6.07) is 34.6. The zero-order valence-corrected chi connectivity index (χ0v) is 39.1. The topological polar surface area (TPSA) is 38.7 Å². The zero-order chi connectivity index (χ0) is 42.0. The molecule has 16 aliphatic rings. The molecular weight excluding hydrogens is 802 g/mol. The van der Waals surface area contributed by atoms with Crippen molar-refractivity contribution in [2.24, 2.45) is 35.5 Å². The standard InChI is InChI=1S/C58H70B2N6/c1-3-11-29(12-4-1)40-28-41(30-13-5-2-6-14-30)62-58(61-40)31-21-26-43-39(27-31)59-38-17-7-8-18-42(38)63-44-19-9-15-34-36-24-22-32-33-23-25-37-35-16-10-20-45-51(35)66-53(37)47(33)60-46(32)52(36)65(50(34)44)56-49(60)57(66)55(64(43)45)48(59)54(56)63/h1-6,11-14,28,31-39,42-57H,7-10,15-27H2. The third kappa shape index (κ3) is 4.20. The molecule has 9 aliphatic heterocycles. The predicted octanol–water partition coefficient (Wildman–Crippen LogP) is 10.3. The Morgan fingerprint density at radius 3 is 1.48 bits per heavy atom. The lowest BCUT2D eigenvalue weighted by molar-refractivity contribution is -0.198. The van der Waals surface area contributed by atoms with E-state index in [1.54, 1.807) is 38.5 Å². The Bertz CT molecular complexity index is 2440. The molecule has 338 valence electrons. The van der Waals surface area contributed by atoms with Crippen molar-refractivity contribution in [1.82, 2.24) is 29.6 Å². The molecule has 0 radical (unpaired) electrons. The van der Waals surface area contributed by atoms with Gasteiger partial charge in [0.2, 0.25) is 0 Å². The Hall–Kier alpha value is -2.51. The molecule has 9 saturated heterocycles. The van der Waals surface area contributed by atoms with Gasteiger partial charge in [0.1, 0.15) is 5.82 Å². The fraction of sp³-hybridized carbons (Fsp3) is 0.724. The number of fused-ring (bicyclic) bond motifs is 11. The highest BCUT2D eigenvalue weighted by Gasteiger charge is 2.85. The first-order valence-corrected chi connectivity index (χ1v) is 28.9. The second-order valence-electron chi connectivity index (χ2n) is 26.8. The molecule has 0 N–H and O–H groups in total. The number of hydrogen-bond donors (Lipinski definition) is 0. The lowest BCUT2D eigenvalue weighted by Gasteiger charge is -2.81. The fourth-order valence-electron chi connectivity index (χ4n) is 25.5. The van der Waals surface area contributed by atoms with Gasteiger partial charge in [-0.1, -0.05) is 106 Å². The maximum absolute atomic E-state index is 5.66. The Balaban J connectivity index is 0.820. The summed E-state index contributed by atoms with van der Waals surface area (Å²) in [6.07, 6.45) is 25.5. The highest BCUT2D eigenvalue weighted by atomic mass is 15.5. The lowest BCUT2D eigenvalue weighted by Crippen LogP contribution is -2.90. The molecular formula is C58H70B2N6. The second-order valence-corrected chi connectivity index (χ2v) is 26.8. The maximum Gasteiger partial charge on any atom is 0.157 e. The molecule has 10 heterocycles. The van der Waals surface area contributed by atoms with Crippen LogP contribution in [0.4, 0.5) is 0 Å². The summed E-state index contributed by atoms with van der Waals surface area (Å²) < 4.78 is 0. The highest BCUT2D eigenvalue weighted by Crippen LogP contribution is 2.80. The van der Waals surface area contributed by atoms with Crippen LogP contribution in [0.25, 0.3) is 22.5 Å². The van der Waals surface area contributed by atoms with Crippen LogP contribution < -0.4 is 0 Å². The number of benzene rings is 2. The second kappa shape index (κ2) is 12.9. The molecule has 7 saturated carbocycles. The summed E-state index contributed by atoms with van der Waals surface area (Å²) in [5, 5.41) is 0. The van der Waals surface area contributed by atoms with E-state index in [4.69, 9.17) is 9.97 Å². The molecule has 7 aliphatic carbocycles. The van der Waals surface area contributed by atoms with E-state index in [0.29, 0.717) is 5.92 Å². The molecule has 8 heteroatoms. The van der Waals surface area contributed by atoms with Crippen LogP contribution in [-0.4, -0.2) is 115 Å². The first-order chi connectivity index (χ1) is 32.8. The molecule has 66 heavy (non-hydrogen) atoms. The smallest absolute Gasteiger partial charge is 0.157 e. The van der Waals surface area contributed by atoms with Crippen LogP contribution in [0.15, 0.2) is 66.7 Å². The molecule has 1 aromatic heterocycles. The Kier molecular flexibility index (Phi) is 7.28. The molecule has 3 aromatic rings. The van der Waals surface area contributed by atoms with E-state index in [0.717, 1.165) is 174 Å². The summed E-state index contributed by atoms with van der Waals surface area (Å²) in [5.41, 5.74) is 4.70. The first kappa shape index (κ1) is 37.3. The maximum atomic E-state index is 5.66. The molecule has 0 amide bonds. The van der Waals surface area contributed by atoms with Crippen molar-refractivity contribution in [2.75, 3.05) is 0 Å². The lowest BCUT2D eigenvalue weighted by atomic mass is 9.14. The van der Waals surface area contributed by atoms with Crippen LogP contribution in [0.2, 0.25) is 34.9 Å². The number of piperazine rings is 2. The Labute approximate surface area is 394 Å². The van der Waals surface area contributed by atoms with E-state index in [1.165, 1.54) is 81.8 Å². The van der Waals surface area contributed by atoms with E-state index in [1.807, 2.05) is 0 Å². The average molecular weight is 873 g/mol. The Morgan fingerprint density at radius 2 is 0.879 bits per heavy atom. The van der Waals surface area contributed by atoms with Gasteiger partial charge in [0.15, 0.2) is 13.4 Å². The van der Waals surface area contributed by atoms with Crippen LogP contribution >= 0.6 is 0 Å². The van der Waals surface area contributed by atoms with E-state index in [9.17, 15) is 0 Å². The molecule has 0 spiro atoms. The van der Waals surface area contributed by atoms with Crippen molar-refractivity contribution in [3.63, 3.8) is 0 Å². The summed E-state index contributed by atoms with van der Waals surface area (Å²) in [7, 11) is 0. The van der Waals surface area contributed by atoms with Crippen molar-refractivity contribution in [2.45, 2.75) is 222 Å². The number of hydrogen-bond acceptors (Lipinski definition) is 6. The van der Waals surface area contributed by atoms with Gasteiger partial charge in [-0.05, 0) is 141 Å². The summed E-state index contributed by atoms with van der Waals surface area (Å²) in [4.78, 5) is 25.7. The minimum Gasteiger partial charge on any atom is -0.292 e. The van der Waals surface area contributed by atoms with E-state index in [2.05, 4.69) is 86.3 Å². The predicted molar refractivity (Wildman–Crippen MR) is 262 cm³/mol. The van der Waals surface area contributed by atoms with E-state index < -0.39 is 0 Å². The molecule has 0 bridgehead atoms. The summed E-state index contributed by atoms with van der Waals surface area (Å²) in [6.45, 7) is 1.92. The van der Waals surface area contributed by atoms with Gasteiger partial charge in [-0.2, -0.15) is 0 Å². The molecule has 16 fully saturated rings. The minimum atomic E-state index is 0.440. The van der Waals surface area contributed by atoms with Gasteiger partial charge in [0.25, 0.3) is 0 Å². The Morgan fingerprint density at radius 1 is 0.379 bits per heavy atom. The first-order valence-electron chi connectivity index (χ1n) is 28.9.